The van der Waals surface area contributed by atoms with Crippen molar-refractivity contribution in [3.63, 3.8) is 0 Å². The molecule has 4 heterocycles. The number of methoxy groups -OCH3 is 2. The van der Waals surface area contributed by atoms with E-state index in [0.717, 1.165) is 75.3 Å². The summed E-state index contributed by atoms with van der Waals surface area (Å²) in [6.07, 6.45) is -0.718. The van der Waals surface area contributed by atoms with Gasteiger partial charge in [-0.15, -0.1) is 0 Å². The Hall–Kier alpha value is -3.69. The van der Waals surface area contributed by atoms with Gasteiger partial charge < -0.3 is 18.6 Å². The monoisotopic (exact) mass is 701 g/mol. The fourth-order valence-electron chi connectivity index (χ4n) is 6.21. The Kier molecular flexibility index (Phi) is 7.94. The molecule has 2 aliphatic heterocycles. The van der Waals surface area contributed by atoms with Crippen molar-refractivity contribution in [1.82, 2.24) is 19.0 Å². The zero-order valence-electron chi connectivity index (χ0n) is 25.5. The van der Waals surface area contributed by atoms with Crippen molar-refractivity contribution in [3.8, 4) is 34.1 Å². The Morgan fingerprint density at radius 3 is 2.27 bits per heavy atom. The first-order valence-corrected chi connectivity index (χ1v) is 18.3. The molecule has 230 valence electrons. The maximum Gasteiger partial charge on any atom is 0.228 e. The molecule has 7 rings (SSSR count). The number of nitrogens with zero attached hydrogens (tertiary/aromatic N) is 5. The summed E-state index contributed by atoms with van der Waals surface area (Å²) in [5.41, 5.74) is 6.77. The topological polar surface area (TPSA) is 66.0 Å². The minimum Gasteiger partial charge on any atom is -0.493 e. The lowest BCUT2D eigenvalue weighted by molar-refractivity contribution is 0.355. The SMILES string of the molecule is COc1ccc(C2=Nc3c(c(-c4cc(C)n(-c5ccc(Br)cc5)c4C)nn3-c3ccccc3)P(=S)(N3CCCC3)O2)cc1OC. The Balaban J connectivity index is 1.50. The van der Waals surface area contributed by atoms with Gasteiger partial charge in [0.1, 0.15) is 11.0 Å². The highest BCUT2D eigenvalue weighted by atomic mass is 79.9. The second kappa shape index (κ2) is 11.9. The molecule has 0 radical (unpaired) electrons. The standard InChI is InChI=1S/C34H33BrN5O3PS/c1-22-20-28(23(2)39(22)26-15-13-25(35)14-16-26)31-32-33(40(37-31)27-10-6-5-7-11-27)36-34(43-44(32,45)38-18-8-9-19-38)24-12-17-29(41-3)30(21-24)42-4/h5-7,10-17,20-21H,8-9,18-19H2,1-4H3. The maximum atomic E-state index is 6.97. The van der Waals surface area contributed by atoms with E-state index in [1.807, 2.05) is 53.2 Å². The number of fused-ring (bicyclic) bond motifs is 1. The number of hydrogen-bond acceptors (Lipinski definition) is 6. The molecular weight excluding hydrogens is 669 g/mol. The first kappa shape index (κ1) is 30.0. The number of aliphatic imine (C=N–C) groups is 1. The number of aromatic nitrogens is 3. The Bertz CT molecular complexity index is 1980. The van der Waals surface area contributed by atoms with Crippen LogP contribution in [0, 0.1) is 13.8 Å². The molecule has 45 heavy (non-hydrogen) atoms. The van der Waals surface area contributed by atoms with Crippen molar-refractivity contribution in [2.75, 3.05) is 27.3 Å². The largest absolute Gasteiger partial charge is 0.493 e. The van der Waals surface area contributed by atoms with Crippen LogP contribution in [0.15, 0.2) is 88.3 Å². The van der Waals surface area contributed by atoms with Gasteiger partial charge in [-0.25, -0.2) is 9.35 Å². The van der Waals surface area contributed by atoms with Crippen molar-refractivity contribution in [2.45, 2.75) is 26.7 Å². The summed E-state index contributed by atoms with van der Waals surface area (Å²) in [6.45, 7) is 5.99. The predicted octanol–water partition coefficient (Wildman–Crippen LogP) is 7.87. The van der Waals surface area contributed by atoms with E-state index in [-0.39, 0.29) is 0 Å². The van der Waals surface area contributed by atoms with E-state index in [2.05, 4.69) is 69.3 Å². The molecule has 11 heteroatoms. The van der Waals surface area contributed by atoms with Gasteiger partial charge >= 0.3 is 0 Å². The summed E-state index contributed by atoms with van der Waals surface area (Å²) in [5, 5.41) is 6.20. The van der Waals surface area contributed by atoms with E-state index in [9.17, 15) is 0 Å². The molecule has 5 aromatic rings. The smallest absolute Gasteiger partial charge is 0.228 e. The summed E-state index contributed by atoms with van der Waals surface area (Å²) in [6, 6.07) is 26.4. The number of halogens is 1. The quantitative estimate of drug-likeness (QED) is 0.161. The van der Waals surface area contributed by atoms with Gasteiger partial charge in [0.25, 0.3) is 0 Å². The minimum atomic E-state index is -2.86. The third-order valence-electron chi connectivity index (χ3n) is 8.39. The van der Waals surface area contributed by atoms with Gasteiger partial charge in [-0.1, -0.05) is 34.1 Å². The zero-order chi connectivity index (χ0) is 31.3. The molecular formula is C34H33BrN5O3PS. The van der Waals surface area contributed by atoms with Gasteiger partial charge in [0.15, 0.2) is 17.3 Å². The van der Waals surface area contributed by atoms with Crippen molar-refractivity contribution >= 4 is 51.2 Å². The molecule has 1 atom stereocenters. The predicted molar refractivity (Wildman–Crippen MR) is 187 cm³/mol. The summed E-state index contributed by atoms with van der Waals surface area (Å²) >= 11 is 10.3. The molecule has 0 bridgehead atoms. The van der Waals surface area contributed by atoms with E-state index < -0.39 is 6.42 Å². The first-order valence-electron chi connectivity index (χ1n) is 14.8. The second-order valence-electron chi connectivity index (χ2n) is 11.1. The van der Waals surface area contributed by atoms with Crippen molar-refractivity contribution in [3.05, 3.63) is 100 Å². The van der Waals surface area contributed by atoms with Crippen molar-refractivity contribution in [2.24, 2.45) is 4.99 Å². The van der Waals surface area contributed by atoms with Crippen LogP contribution in [0.1, 0.15) is 29.8 Å². The van der Waals surface area contributed by atoms with Crippen LogP contribution in [0.2, 0.25) is 0 Å². The molecule has 0 spiro atoms. The third kappa shape index (κ3) is 5.14. The maximum absolute atomic E-state index is 6.97. The third-order valence-corrected chi connectivity index (χ3v) is 12.9. The average molecular weight is 703 g/mol. The van der Waals surface area contributed by atoms with Crippen LogP contribution in [0.5, 0.6) is 11.5 Å². The highest BCUT2D eigenvalue weighted by molar-refractivity contribution is 9.10. The van der Waals surface area contributed by atoms with Crippen LogP contribution in [-0.4, -0.2) is 52.2 Å². The first-order chi connectivity index (χ1) is 21.8. The number of para-hydroxylation sites is 1. The molecule has 0 aliphatic carbocycles. The normalized spacial score (nSPS) is 17.9. The highest BCUT2D eigenvalue weighted by Gasteiger charge is 2.44. The van der Waals surface area contributed by atoms with Gasteiger partial charge in [-0.2, -0.15) is 10.1 Å². The van der Waals surface area contributed by atoms with Crippen molar-refractivity contribution < 1.29 is 14.0 Å². The van der Waals surface area contributed by atoms with Gasteiger partial charge in [-0.3, -0.25) is 0 Å². The molecule has 1 unspecified atom stereocenters. The summed E-state index contributed by atoms with van der Waals surface area (Å²) < 4.78 is 25.7. The Morgan fingerprint density at radius 2 is 1.58 bits per heavy atom. The van der Waals surface area contributed by atoms with E-state index >= 15 is 0 Å². The summed E-state index contributed by atoms with van der Waals surface area (Å²) in [5.74, 6) is 2.40. The van der Waals surface area contributed by atoms with Crippen LogP contribution in [0.25, 0.3) is 22.6 Å². The molecule has 0 saturated carbocycles. The number of rotatable bonds is 7. The summed E-state index contributed by atoms with van der Waals surface area (Å²) in [4.78, 5) is 5.18. The summed E-state index contributed by atoms with van der Waals surface area (Å²) in [7, 11) is 3.25. The number of ether oxygens (including phenoxy) is 2. The van der Waals surface area contributed by atoms with Crippen molar-refractivity contribution in [1.29, 1.82) is 0 Å². The minimum absolute atomic E-state index is 0.461. The molecule has 8 nitrogen and oxygen atoms in total. The molecule has 2 aliphatic rings. The fraction of sp³-hybridized carbons (Fsp3) is 0.235. The van der Waals surface area contributed by atoms with E-state index in [0.29, 0.717) is 23.2 Å². The van der Waals surface area contributed by atoms with Gasteiger partial charge in [0.05, 0.1) is 19.9 Å². The van der Waals surface area contributed by atoms with Crippen LogP contribution < -0.4 is 14.8 Å². The lowest BCUT2D eigenvalue weighted by Crippen LogP contribution is -2.30. The average Bonchev–Trinajstić information content (AvgIpc) is 3.80. The Morgan fingerprint density at radius 1 is 0.867 bits per heavy atom. The lowest BCUT2D eigenvalue weighted by atomic mass is 10.1. The highest BCUT2D eigenvalue weighted by Crippen LogP contribution is 2.59. The van der Waals surface area contributed by atoms with Gasteiger partial charge in [0, 0.05) is 45.8 Å². The van der Waals surface area contributed by atoms with Crippen LogP contribution in [-0.2, 0) is 16.3 Å². The number of aryl methyl sites for hydroxylation is 1. The molecule has 0 amide bonds. The molecule has 1 saturated heterocycles. The lowest BCUT2D eigenvalue weighted by Gasteiger charge is -2.34. The molecule has 0 N–H and O–H groups in total. The second-order valence-corrected chi connectivity index (χ2v) is 15.8. The van der Waals surface area contributed by atoms with Gasteiger partial charge in [-0.05, 0) is 99.2 Å². The molecule has 3 aromatic carbocycles. The van der Waals surface area contributed by atoms with E-state index in [4.69, 9.17) is 35.9 Å². The molecule has 2 aromatic heterocycles. The van der Waals surface area contributed by atoms with Crippen LogP contribution in [0.4, 0.5) is 5.82 Å². The number of hydrogen-bond donors (Lipinski definition) is 0. The van der Waals surface area contributed by atoms with E-state index in [1.165, 1.54) is 0 Å². The van der Waals surface area contributed by atoms with Crippen LogP contribution in [0.3, 0.4) is 0 Å². The molecule has 1 fully saturated rings. The number of benzene rings is 3. The zero-order valence-corrected chi connectivity index (χ0v) is 28.8. The van der Waals surface area contributed by atoms with E-state index in [1.54, 1.807) is 14.2 Å². The van der Waals surface area contributed by atoms with Crippen LogP contribution >= 0.6 is 22.3 Å². The Labute approximate surface area is 276 Å². The van der Waals surface area contributed by atoms with Gasteiger partial charge in [0.2, 0.25) is 12.3 Å². The fourth-order valence-corrected chi connectivity index (χ4v) is 10.2.